The Hall–Kier alpha value is -0.860. The molecule has 2 atom stereocenters. The second-order valence-corrected chi connectivity index (χ2v) is 5.90. The van der Waals surface area contributed by atoms with Gasteiger partial charge in [0.1, 0.15) is 0 Å². The van der Waals surface area contributed by atoms with E-state index in [-0.39, 0.29) is 0 Å². The molecule has 1 aliphatic rings. The van der Waals surface area contributed by atoms with Crippen LogP contribution in [0, 0.1) is 20.8 Å². The second-order valence-electron chi connectivity index (χ2n) is 5.90. The van der Waals surface area contributed by atoms with E-state index in [1.165, 1.54) is 41.6 Å². The first-order valence-electron chi connectivity index (χ1n) is 6.98. The highest BCUT2D eigenvalue weighted by atomic mass is 15.1. The summed E-state index contributed by atoms with van der Waals surface area (Å²) in [6.45, 7) is 7.82. The number of nitrogens with one attached hydrogen (secondary N) is 1. The van der Waals surface area contributed by atoms with Gasteiger partial charge in [-0.25, -0.2) is 0 Å². The lowest BCUT2D eigenvalue weighted by molar-refractivity contribution is 0.243. The summed E-state index contributed by atoms with van der Waals surface area (Å²) in [5.41, 5.74) is 5.71. The average molecular weight is 246 g/mol. The van der Waals surface area contributed by atoms with Crippen molar-refractivity contribution in [1.29, 1.82) is 0 Å². The number of likely N-dealkylation sites (N-methyl/N-ethyl adjacent to an activating group) is 1. The largest absolute Gasteiger partial charge is 0.312 e. The van der Waals surface area contributed by atoms with Crippen molar-refractivity contribution in [2.75, 3.05) is 20.6 Å². The van der Waals surface area contributed by atoms with Gasteiger partial charge < -0.3 is 10.2 Å². The summed E-state index contributed by atoms with van der Waals surface area (Å²) in [6, 6.07) is 5.80. The standard InChI is InChI=1S/C16H26N2/c1-11-9-13(3)14(10-12(11)2)16(18(4)5)15-7-6-8-17-15/h9-10,15-17H,6-8H2,1-5H3. The molecule has 18 heavy (non-hydrogen) atoms. The molecule has 2 unspecified atom stereocenters. The highest BCUT2D eigenvalue weighted by Gasteiger charge is 2.28. The fourth-order valence-corrected chi connectivity index (χ4v) is 3.14. The first-order valence-corrected chi connectivity index (χ1v) is 6.98. The summed E-state index contributed by atoms with van der Waals surface area (Å²) in [5.74, 6) is 0. The molecule has 2 rings (SSSR count). The Kier molecular flexibility index (Phi) is 4.08. The smallest absolute Gasteiger partial charge is 0.0498 e. The summed E-state index contributed by atoms with van der Waals surface area (Å²) < 4.78 is 0. The molecule has 100 valence electrons. The molecular formula is C16H26N2. The predicted molar refractivity (Wildman–Crippen MR) is 78.1 cm³/mol. The van der Waals surface area contributed by atoms with Crippen LogP contribution < -0.4 is 5.32 Å². The molecule has 1 fully saturated rings. The molecule has 1 heterocycles. The van der Waals surface area contributed by atoms with Crippen LogP contribution in [-0.2, 0) is 0 Å². The second kappa shape index (κ2) is 5.41. The summed E-state index contributed by atoms with van der Waals surface area (Å²) in [6.07, 6.45) is 2.59. The van der Waals surface area contributed by atoms with Crippen molar-refractivity contribution in [2.24, 2.45) is 0 Å². The van der Waals surface area contributed by atoms with Crippen molar-refractivity contribution in [1.82, 2.24) is 10.2 Å². The molecule has 0 bridgehead atoms. The minimum Gasteiger partial charge on any atom is -0.312 e. The van der Waals surface area contributed by atoms with Crippen molar-refractivity contribution in [3.63, 3.8) is 0 Å². The van der Waals surface area contributed by atoms with Crippen LogP contribution in [0.5, 0.6) is 0 Å². The number of aryl methyl sites for hydroxylation is 3. The normalized spacial score (nSPS) is 21.6. The van der Waals surface area contributed by atoms with Crippen LogP contribution >= 0.6 is 0 Å². The van der Waals surface area contributed by atoms with Crippen LogP contribution in [0.25, 0.3) is 0 Å². The van der Waals surface area contributed by atoms with E-state index in [9.17, 15) is 0 Å². The lowest BCUT2D eigenvalue weighted by Crippen LogP contribution is -2.37. The summed E-state index contributed by atoms with van der Waals surface area (Å²) in [4.78, 5) is 2.36. The van der Waals surface area contributed by atoms with Crippen LogP contribution in [-0.4, -0.2) is 31.6 Å². The maximum absolute atomic E-state index is 3.66. The van der Waals surface area contributed by atoms with Gasteiger partial charge in [-0.2, -0.15) is 0 Å². The molecule has 0 spiro atoms. The van der Waals surface area contributed by atoms with Gasteiger partial charge in [0.05, 0.1) is 0 Å². The highest BCUT2D eigenvalue weighted by molar-refractivity contribution is 5.39. The van der Waals surface area contributed by atoms with Crippen molar-refractivity contribution >= 4 is 0 Å². The third kappa shape index (κ3) is 2.60. The first kappa shape index (κ1) is 13.6. The predicted octanol–water partition coefficient (Wildman–Crippen LogP) is 2.97. The molecule has 1 saturated heterocycles. The molecule has 0 saturated carbocycles. The molecule has 1 aromatic carbocycles. The Bertz CT molecular complexity index is 417. The molecule has 1 aliphatic heterocycles. The van der Waals surface area contributed by atoms with Gasteiger partial charge in [-0.15, -0.1) is 0 Å². The molecule has 2 nitrogen and oxygen atoms in total. The van der Waals surface area contributed by atoms with E-state index in [0.29, 0.717) is 12.1 Å². The van der Waals surface area contributed by atoms with Crippen molar-refractivity contribution in [3.05, 3.63) is 34.4 Å². The van der Waals surface area contributed by atoms with Crippen LogP contribution in [0.1, 0.15) is 41.1 Å². The SMILES string of the molecule is Cc1cc(C)c(C(C2CCCN2)N(C)C)cc1C. The van der Waals surface area contributed by atoms with Crippen LogP contribution in [0.4, 0.5) is 0 Å². The van der Waals surface area contributed by atoms with Gasteiger partial charge in [0.2, 0.25) is 0 Å². The van der Waals surface area contributed by atoms with Gasteiger partial charge in [-0.3, -0.25) is 0 Å². The minimum absolute atomic E-state index is 0.492. The van der Waals surface area contributed by atoms with Crippen molar-refractivity contribution < 1.29 is 0 Å². The molecule has 2 heteroatoms. The number of rotatable bonds is 3. The van der Waals surface area contributed by atoms with E-state index in [1.807, 2.05) is 0 Å². The monoisotopic (exact) mass is 246 g/mol. The molecule has 0 amide bonds. The molecule has 0 aliphatic carbocycles. The zero-order chi connectivity index (χ0) is 13.3. The molecular weight excluding hydrogens is 220 g/mol. The lowest BCUT2D eigenvalue weighted by Gasteiger charge is -2.32. The van der Waals surface area contributed by atoms with Crippen LogP contribution in [0.15, 0.2) is 12.1 Å². The van der Waals surface area contributed by atoms with E-state index in [4.69, 9.17) is 0 Å². The number of hydrogen-bond donors (Lipinski definition) is 1. The van der Waals surface area contributed by atoms with Crippen molar-refractivity contribution in [2.45, 2.75) is 45.7 Å². The summed E-state index contributed by atoms with van der Waals surface area (Å²) in [7, 11) is 4.39. The Morgan fingerprint density at radius 2 is 1.78 bits per heavy atom. The number of nitrogens with zero attached hydrogens (tertiary/aromatic N) is 1. The highest BCUT2D eigenvalue weighted by Crippen LogP contribution is 2.31. The van der Waals surface area contributed by atoms with Gasteiger partial charge >= 0.3 is 0 Å². The molecule has 0 radical (unpaired) electrons. The third-order valence-corrected chi connectivity index (χ3v) is 4.24. The Morgan fingerprint density at radius 3 is 2.33 bits per heavy atom. The van der Waals surface area contributed by atoms with Gasteiger partial charge in [0, 0.05) is 12.1 Å². The number of benzene rings is 1. The van der Waals surface area contributed by atoms with E-state index in [0.717, 1.165) is 0 Å². The van der Waals surface area contributed by atoms with Gasteiger partial charge in [-0.1, -0.05) is 12.1 Å². The Balaban J connectivity index is 2.39. The Morgan fingerprint density at radius 1 is 1.11 bits per heavy atom. The zero-order valence-corrected chi connectivity index (χ0v) is 12.4. The van der Waals surface area contributed by atoms with E-state index in [2.05, 4.69) is 57.2 Å². The molecule has 1 aromatic rings. The average Bonchev–Trinajstić information content (AvgIpc) is 2.79. The van der Waals surface area contributed by atoms with E-state index in [1.54, 1.807) is 0 Å². The van der Waals surface area contributed by atoms with Crippen molar-refractivity contribution in [3.8, 4) is 0 Å². The maximum atomic E-state index is 3.66. The molecule has 1 N–H and O–H groups in total. The maximum Gasteiger partial charge on any atom is 0.0498 e. The molecule has 0 aromatic heterocycles. The fourth-order valence-electron chi connectivity index (χ4n) is 3.14. The zero-order valence-electron chi connectivity index (χ0n) is 12.4. The minimum atomic E-state index is 0.492. The number of hydrogen-bond acceptors (Lipinski definition) is 2. The third-order valence-electron chi connectivity index (χ3n) is 4.24. The van der Waals surface area contributed by atoms with Gasteiger partial charge in [0.15, 0.2) is 0 Å². The van der Waals surface area contributed by atoms with Gasteiger partial charge in [-0.05, 0) is 76.5 Å². The van der Waals surface area contributed by atoms with E-state index >= 15 is 0 Å². The fraction of sp³-hybridized carbons (Fsp3) is 0.625. The summed E-state index contributed by atoms with van der Waals surface area (Å²) >= 11 is 0. The quantitative estimate of drug-likeness (QED) is 0.882. The lowest BCUT2D eigenvalue weighted by atomic mass is 9.90. The van der Waals surface area contributed by atoms with E-state index < -0.39 is 0 Å². The summed E-state index contributed by atoms with van der Waals surface area (Å²) in [5, 5.41) is 3.66. The topological polar surface area (TPSA) is 15.3 Å². The van der Waals surface area contributed by atoms with Gasteiger partial charge in [0.25, 0.3) is 0 Å². The first-order chi connectivity index (χ1) is 8.50. The van der Waals surface area contributed by atoms with Crippen LogP contribution in [0.3, 0.4) is 0 Å². The van der Waals surface area contributed by atoms with Crippen LogP contribution in [0.2, 0.25) is 0 Å². The Labute approximate surface area is 111 Å².